The molecule has 54 heavy (non-hydrogen) atoms. The molecule has 0 spiro atoms. The Morgan fingerprint density at radius 2 is 1.91 bits per heavy atom. The number of ether oxygens (including phenoxy) is 2. The fourth-order valence-electron chi connectivity index (χ4n) is 7.71. The van der Waals surface area contributed by atoms with Gasteiger partial charge in [-0.3, -0.25) is 19.1 Å². The molecule has 4 heterocycles. The van der Waals surface area contributed by atoms with Crippen LogP contribution >= 0.6 is 11.3 Å². The third-order valence-electron chi connectivity index (χ3n) is 11.4. The molecule has 2 aromatic heterocycles. The number of amides is 3. The van der Waals surface area contributed by atoms with E-state index < -0.39 is 56.7 Å². The SMILES string of the molecule is COc1ccc2c(O[C@H]3CN4C(=O)[C@@H](N)CCCCC/C=C\[C@@H]5C[C@@]5(C(=O)NS(=O)(=O)C5CC5)NC(=O)[C@@H]4C3C)cc(-c3nc(C(C)C)cs3)nc2c1C. The molecule has 0 radical (unpaired) electrons. The Kier molecular flexibility index (Phi) is 10.5. The summed E-state index contributed by atoms with van der Waals surface area (Å²) in [4.78, 5) is 53.7. The van der Waals surface area contributed by atoms with Crippen LogP contribution in [0.3, 0.4) is 0 Å². The van der Waals surface area contributed by atoms with Crippen molar-refractivity contribution < 1.29 is 32.3 Å². The van der Waals surface area contributed by atoms with Gasteiger partial charge in [0, 0.05) is 34.2 Å². The highest BCUT2D eigenvalue weighted by molar-refractivity contribution is 7.91. The molecule has 7 rings (SSSR count). The number of methoxy groups -OCH3 is 1. The first kappa shape index (κ1) is 38.2. The molecule has 6 atom stereocenters. The van der Waals surface area contributed by atoms with E-state index in [1.54, 1.807) is 7.11 Å². The fourth-order valence-corrected chi connectivity index (χ4v) is 10.0. The molecule has 3 fully saturated rings. The summed E-state index contributed by atoms with van der Waals surface area (Å²) in [5.41, 5.74) is 8.15. The van der Waals surface area contributed by atoms with E-state index in [1.807, 2.05) is 49.6 Å². The highest BCUT2D eigenvalue weighted by Crippen LogP contribution is 2.46. The first-order valence-corrected chi connectivity index (χ1v) is 21.4. The van der Waals surface area contributed by atoms with Crippen LogP contribution in [0.4, 0.5) is 0 Å². The van der Waals surface area contributed by atoms with Gasteiger partial charge in [-0.1, -0.05) is 45.8 Å². The second-order valence-electron chi connectivity index (χ2n) is 15.6. The number of allylic oxidation sites excluding steroid dienone is 1. The first-order chi connectivity index (χ1) is 25.7. The number of thiazole rings is 1. The molecular weight excluding hydrogens is 729 g/mol. The number of pyridine rings is 1. The van der Waals surface area contributed by atoms with Crippen molar-refractivity contribution >= 4 is 50.0 Å². The minimum absolute atomic E-state index is 0.0768. The Bertz CT molecular complexity index is 2100. The molecule has 2 aliphatic carbocycles. The first-order valence-electron chi connectivity index (χ1n) is 19.0. The summed E-state index contributed by atoms with van der Waals surface area (Å²) in [6.07, 6.45) is 8.19. The lowest BCUT2D eigenvalue weighted by atomic mass is 9.98. The molecule has 4 aliphatic rings. The van der Waals surface area contributed by atoms with Gasteiger partial charge in [-0.05, 0) is 63.5 Å². The maximum atomic E-state index is 14.5. The molecule has 15 heteroatoms. The van der Waals surface area contributed by atoms with E-state index in [1.165, 1.54) is 16.2 Å². The van der Waals surface area contributed by atoms with Gasteiger partial charge in [-0.25, -0.2) is 18.4 Å². The van der Waals surface area contributed by atoms with Crippen LogP contribution in [0, 0.1) is 18.8 Å². The maximum absolute atomic E-state index is 14.5. The van der Waals surface area contributed by atoms with Gasteiger partial charge in [0.05, 0.1) is 36.2 Å². The van der Waals surface area contributed by atoms with Gasteiger partial charge in [0.15, 0.2) is 0 Å². The zero-order chi connectivity index (χ0) is 38.5. The Hall–Kier alpha value is -4.08. The number of aryl methyl sites for hydroxylation is 1. The minimum Gasteiger partial charge on any atom is -0.496 e. The van der Waals surface area contributed by atoms with Crippen LogP contribution in [0.15, 0.2) is 35.7 Å². The van der Waals surface area contributed by atoms with Crippen molar-refractivity contribution in [3.8, 4) is 22.2 Å². The number of nitrogens with two attached hydrogens (primary N) is 1. The molecule has 13 nitrogen and oxygen atoms in total. The normalized spacial score (nSPS) is 28.4. The van der Waals surface area contributed by atoms with Crippen molar-refractivity contribution in [2.75, 3.05) is 13.7 Å². The molecule has 1 saturated heterocycles. The number of benzene rings is 1. The molecule has 1 unspecified atom stereocenters. The molecule has 1 aromatic carbocycles. The number of carbonyl (C=O) groups is 3. The Morgan fingerprint density at radius 1 is 1.13 bits per heavy atom. The predicted molar refractivity (Wildman–Crippen MR) is 207 cm³/mol. The van der Waals surface area contributed by atoms with Gasteiger partial charge < -0.3 is 25.4 Å². The Morgan fingerprint density at radius 3 is 2.61 bits per heavy atom. The average molecular weight is 779 g/mol. The highest BCUT2D eigenvalue weighted by atomic mass is 32.2. The zero-order valence-corrected chi connectivity index (χ0v) is 33.1. The van der Waals surface area contributed by atoms with E-state index in [2.05, 4.69) is 23.9 Å². The molecule has 3 amide bonds. The van der Waals surface area contributed by atoms with Crippen molar-refractivity contribution in [3.05, 3.63) is 47.0 Å². The largest absolute Gasteiger partial charge is 0.496 e. The number of aromatic nitrogens is 2. The highest BCUT2D eigenvalue weighted by Gasteiger charge is 2.62. The van der Waals surface area contributed by atoms with Crippen molar-refractivity contribution in [1.82, 2.24) is 24.9 Å². The zero-order valence-electron chi connectivity index (χ0n) is 31.5. The smallest absolute Gasteiger partial charge is 0.259 e. The average Bonchev–Trinajstić information content (AvgIpc) is 4.03. The summed E-state index contributed by atoms with van der Waals surface area (Å²) in [7, 11) is -2.25. The van der Waals surface area contributed by atoms with Crippen LogP contribution in [-0.4, -0.2) is 83.6 Å². The lowest BCUT2D eigenvalue weighted by Crippen LogP contribution is -2.58. The van der Waals surface area contributed by atoms with E-state index in [-0.39, 0.29) is 30.7 Å². The van der Waals surface area contributed by atoms with E-state index in [0.717, 1.165) is 47.3 Å². The molecule has 0 bridgehead atoms. The summed E-state index contributed by atoms with van der Waals surface area (Å²) in [5.74, 6) is -1.17. The van der Waals surface area contributed by atoms with Crippen LogP contribution in [-0.2, 0) is 24.4 Å². The Balaban J connectivity index is 1.24. The molecule has 290 valence electrons. The topological polar surface area (TPSA) is 183 Å². The van der Waals surface area contributed by atoms with Gasteiger partial charge in [-0.15, -0.1) is 11.3 Å². The van der Waals surface area contributed by atoms with Crippen molar-refractivity contribution in [1.29, 1.82) is 0 Å². The number of sulfonamides is 1. The van der Waals surface area contributed by atoms with Gasteiger partial charge in [0.25, 0.3) is 5.91 Å². The van der Waals surface area contributed by atoms with E-state index in [9.17, 15) is 22.8 Å². The second-order valence-corrected chi connectivity index (χ2v) is 18.4. The van der Waals surface area contributed by atoms with Crippen LogP contribution in [0.1, 0.15) is 89.3 Å². The Labute approximate surface area is 320 Å². The maximum Gasteiger partial charge on any atom is 0.259 e. The summed E-state index contributed by atoms with van der Waals surface area (Å²) >= 11 is 1.50. The van der Waals surface area contributed by atoms with Crippen LogP contribution in [0.5, 0.6) is 11.5 Å². The molecular formula is C39H50N6O7S2. The summed E-state index contributed by atoms with van der Waals surface area (Å²) in [5, 5.41) is 5.84. The monoisotopic (exact) mass is 778 g/mol. The van der Waals surface area contributed by atoms with E-state index in [0.29, 0.717) is 42.0 Å². The minimum atomic E-state index is -3.86. The number of hydrogen-bond donors (Lipinski definition) is 3. The standard InChI is InChI=1S/C39H50N6O7S2/c1-21(2)29-20-53-36(42-29)28-17-31(26-15-16-30(51-5)22(3)33(26)41-28)52-32-19-45-34(23(32)4)35(46)43-39(38(48)44-54(49,50)25-13-14-25)18-24(39)11-9-7-6-8-10-12-27(40)37(45)47/h9,11,15-17,20-21,23-25,27,32,34H,6-8,10,12-14,18-19,40H2,1-5H3,(H,43,46)(H,44,48)/b11-9-/t23?,24-,27+,32+,34+,39-/m1/s1. The van der Waals surface area contributed by atoms with Crippen molar-refractivity contribution in [2.24, 2.45) is 17.6 Å². The molecule has 4 N–H and O–H groups in total. The predicted octanol–water partition coefficient (Wildman–Crippen LogP) is 4.72. The number of fused-ring (bicyclic) bond motifs is 3. The molecule has 3 aromatic rings. The van der Waals surface area contributed by atoms with Gasteiger partial charge in [0.2, 0.25) is 21.8 Å². The third-order valence-corrected chi connectivity index (χ3v) is 14.1. The van der Waals surface area contributed by atoms with Gasteiger partial charge in [-0.2, -0.15) is 0 Å². The number of carbonyl (C=O) groups excluding carboxylic acids is 3. The van der Waals surface area contributed by atoms with E-state index >= 15 is 0 Å². The van der Waals surface area contributed by atoms with Crippen LogP contribution < -0.4 is 25.2 Å². The van der Waals surface area contributed by atoms with Crippen molar-refractivity contribution in [2.45, 2.75) is 114 Å². The molecule has 2 saturated carbocycles. The lowest BCUT2D eigenvalue weighted by Gasteiger charge is -2.29. The van der Waals surface area contributed by atoms with Gasteiger partial charge in [0.1, 0.15) is 39.9 Å². The summed E-state index contributed by atoms with van der Waals surface area (Å²) in [6, 6.07) is 3.74. The number of hydrogen-bond acceptors (Lipinski definition) is 11. The summed E-state index contributed by atoms with van der Waals surface area (Å²) < 4.78 is 40.4. The fraction of sp³-hybridized carbons (Fsp3) is 0.564. The lowest BCUT2D eigenvalue weighted by molar-refractivity contribution is -0.141. The van der Waals surface area contributed by atoms with Crippen molar-refractivity contribution in [3.63, 3.8) is 0 Å². The van der Waals surface area contributed by atoms with Crippen LogP contribution in [0.2, 0.25) is 0 Å². The van der Waals surface area contributed by atoms with Gasteiger partial charge >= 0.3 is 0 Å². The number of rotatable bonds is 8. The summed E-state index contributed by atoms with van der Waals surface area (Å²) in [6.45, 7) is 8.04. The number of nitrogens with zero attached hydrogens (tertiary/aromatic N) is 3. The molecule has 2 aliphatic heterocycles. The van der Waals surface area contributed by atoms with Crippen LogP contribution in [0.25, 0.3) is 21.6 Å². The third kappa shape index (κ3) is 7.34. The quantitative estimate of drug-likeness (QED) is 0.271. The number of nitrogens with one attached hydrogen (secondary N) is 2. The second kappa shape index (κ2) is 14.9. The van der Waals surface area contributed by atoms with E-state index in [4.69, 9.17) is 25.2 Å².